The summed E-state index contributed by atoms with van der Waals surface area (Å²) in [5, 5.41) is 7.80. The van der Waals surface area contributed by atoms with Crippen molar-refractivity contribution in [2.24, 2.45) is 0 Å². The lowest BCUT2D eigenvalue weighted by atomic mass is 10.0. The van der Waals surface area contributed by atoms with Crippen LogP contribution in [0.1, 0.15) is 44.5 Å². The molecule has 1 saturated carbocycles. The Hall–Kier alpha value is -3.59. The molecule has 0 saturated heterocycles. The normalized spacial score (nSPS) is 13.4. The zero-order chi connectivity index (χ0) is 20.7. The first-order chi connectivity index (χ1) is 14.6. The number of pyridine rings is 1. The molecule has 4 aromatic rings. The summed E-state index contributed by atoms with van der Waals surface area (Å²) < 4.78 is 10.2. The van der Waals surface area contributed by atoms with E-state index in [1.54, 1.807) is 6.07 Å². The number of methoxy groups -OCH3 is 1. The molecule has 1 N–H and O–H groups in total. The molecule has 30 heavy (non-hydrogen) atoms. The molecule has 0 bridgehead atoms. The van der Waals surface area contributed by atoms with Crippen molar-refractivity contribution in [2.75, 3.05) is 12.4 Å². The summed E-state index contributed by atoms with van der Waals surface area (Å²) in [6, 6.07) is 11.3. The van der Waals surface area contributed by atoms with Crippen LogP contribution in [0, 0.1) is 0 Å². The number of nitrogens with zero attached hydrogens (tertiary/aromatic N) is 3. The summed E-state index contributed by atoms with van der Waals surface area (Å²) in [6.45, 7) is 0. The molecule has 5 rings (SSSR count). The maximum atomic E-state index is 13.2. The fourth-order valence-electron chi connectivity index (χ4n) is 3.22. The number of benzene rings is 1. The molecule has 1 aromatic carbocycles. The van der Waals surface area contributed by atoms with Gasteiger partial charge in [-0.2, -0.15) is 0 Å². The lowest BCUT2D eigenvalue weighted by Crippen LogP contribution is -2.13. The molecule has 3 aromatic heterocycles. The molecule has 1 fully saturated rings. The van der Waals surface area contributed by atoms with E-state index in [0.29, 0.717) is 38.3 Å². The minimum atomic E-state index is -0.499. The zero-order valence-corrected chi connectivity index (χ0v) is 16.7. The largest absolute Gasteiger partial charge is 0.465 e. The highest BCUT2D eigenvalue weighted by molar-refractivity contribution is 7.17. The standard InChI is InChI=1S/C21H16N4O4S/c1-28-20(27)15-10-22-21(30-15)24-18(26)13-9-14(11-7-8-11)23-19-16(13)17(25-29-19)12-5-3-2-4-6-12/h2-6,9-11H,7-8H2,1H3,(H,22,24,26). The number of rotatable bonds is 5. The van der Waals surface area contributed by atoms with Crippen LogP contribution in [0.5, 0.6) is 0 Å². The van der Waals surface area contributed by atoms with Crippen LogP contribution in [0.15, 0.2) is 47.1 Å². The van der Waals surface area contributed by atoms with Gasteiger partial charge in [0, 0.05) is 17.2 Å². The third-order valence-electron chi connectivity index (χ3n) is 4.87. The number of carbonyl (C=O) groups is 2. The van der Waals surface area contributed by atoms with Crippen LogP contribution < -0.4 is 5.32 Å². The van der Waals surface area contributed by atoms with Gasteiger partial charge in [-0.25, -0.2) is 14.8 Å². The Balaban J connectivity index is 1.57. The Morgan fingerprint density at radius 3 is 2.77 bits per heavy atom. The second kappa shape index (κ2) is 7.34. The number of nitrogens with one attached hydrogen (secondary N) is 1. The lowest BCUT2D eigenvalue weighted by Gasteiger charge is -2.07. The van der Waals surface area contributed by atoms with Crippen LogP contribution in [0.25, 0.3) is 22.4 Å². The minimum absolute atomic E-state index is 0.302. The monoisotopic (exact) mass is 420 g/mol. The predicted molar refractivity (Wildman–Crippen MR) is 111 cm³/mol. The fraction of sp³-hybridized carbons (Fsp3) is 0.190. The Labute approximate surface area is 174 Å². The van der Waals surface area contributed by atoms with E-state index in [1.807, 2.05) is 30.3 Å². The first kappa shape index (κ1) is 18.4. The highest BCUT2D eigenvalue weighted by atomic mass is 32.1. The predicted octanol–water partition coefficient (Wildman–Crippen LogP) is 4.26. The molecule has 1 aliphatic carbocycles. The van der Waals surface area contributed by atoms with Crippen LogP contribution >= 0.6 is 11.3 Å². The van der Waals surface area contributed by atoms with E-state index >= 15 is 0 Å². The maximum Gasteiger partial charge on any atom is 0.349 e. The average molecular weight is 420 g/mol. The number of hydrogen-bond acceptors (Lipinski definition) is 8. The Morgan fingerprint density at radius 2 is 2.03 bits per heavy atom. The van der Waals surface area contributed by atoms with Crippen molar-refractivity contribution < 1.29 is 18.8 Å². The van der Waals surface area contributed by atoms with Gasteiger partial charge in [0.05, 0.1) is 24.3 Å². The molecule has 0 spiro atoms. The maximum absolute atomic E-state index is 13.2. The molecule has 0 unspecified atom stereocenters. The van der Waals surface area contributed by atoms with Gasteiger partial charge in [-0.3, -0.25) is 10.1 Å². The number of ether oxygens (including phenoxy) is 1. The van der Waals surface area contributed by atoms with Crippen molar-refractivity contribution in [1.82, 2.24) is 15.1 Å². The van der Waals surface area contributed by atoms with Crippen LogP contribution in [-0.2, 0) is 4.74 Å². The number of carbonyl (C=O) groups excluding carboxylic acids is 2. The van der Waals surface area contributed by atoms with Gasteiger partial charge in [-0.05, 0) is 18.9 Å². The van der Waals surface area contributed by atoms with Crippen molar-refractivity contribution >= 4 is 39.4 Å². The molecular weight excluding hydrogens is 404 g/mol. The van der Waals surface area contributed by atoms with Gasteiger partial charge in [0.15, 0.2) is 5.13 Å². The van der Waals surface area contributed by atoms with E-state index in [4.69, 9.17) is 9.26 Å². The van der Waals surface area contributed by atoms with Gasteiger partial charge >= 0.3 is 5.97 Å². The quantitative estimate of drug-likeness (QED) is 0.481. The Morgan fingerprint density at radius 1 is 1.23 bits per heavy atom. The van der Waals surface area contributed by atoms with E-state index in [9.17, 15) is 9.59 Å². The molecule has 9 heteroatoms. The minimum Gasteiger partial charge on any atom is -0.465 e. The molecule has 150 valence electrons. The van der Waals surface area contributed by atoms with Gasteiger partial charge in [0.1, 0.15) is 10.6 Å². The number of thiazole rings is 1. The highest BCUT2D eigenvalue weighted by Gasteiger charge is 2.29. The Bertz CT molecular complexity index is 1260. The second-order valence-electron chi connectivity index (χ2n) is 6.92. The highest BCUT2D eigenvalue weighted by Crippen LogP contribution is 2.41. The number of hydrogen-bond donors (Lipinski definition) is 1. The van der Waals surface area contributed by atoms with Crippen molar-refractivity contribution in [3.05, 3.63) is 58.7 Å². The van der Waals surface area contributed by atoms with E-state index in [-0.39, 0.29) is 5.91 Å². The third kappa shape index (κ3) is 3.33. The van der Waals surface area contributed by atoms with Crippen molar-refractivity contribution in [1.29, 1.82) is 0 Å². The summed E-state index contributed by atoms with van der Waals surface area (Å²) >= 11 is 1.05. The SMILES string of the molecule is COC(=O)c1cnc(NC(=O)c2cc(C3CC3)nc3onc(-c4ccccc4)c23)s1. The number of anilines is 1. The molecule has 1 aliphatic rings. The van der Waals surface area contributed by atoms with E-state index in [1.165, 1.54) is 13.3 Å². The van der Waals surface area contributed by atoms with Gasteiger partial charge in [-0.1, -0.05) is 46.8 Å². The molecule has 8 nitrogen and oxygen atoms in total. The van der Waals surface area contributed by atoms with Gasteiger partial charge in [0.25, 0.3) is 11.6 Å². The fourth-order valence-corrected chi connectivity index (χ4v) is 3.95. The van der Waals surface area contributed by atoms with Gasteiger partial charge < -0.3 is 9.26 Å². The number of aromatic nitrogens is 3. The second-order valence-corrected chi connectivity index (χ2v) is 7.95. The van der Waals surface area contributed by atoms with Crippen LogP contribution in [0.3, 0.4) is 0 Å². The third-order valence-corrected chi connectivity index (χ3v) is 5.76. The van der Waals surface area contributed by atoms with Crippen LogP contribution in [-0.4, -0.2) is 34.1 Å². The molecule has 0 atom stereocenters. The van der Waals surface area contributed by atoms with Gasteiger partial charge in [-0.15, -0.1) is 0 Å². The molecule has 1 amide bonds. The molecule has 3 heterocycles. The van der Waals surface area contributed by atoms with Crippen molar-refractivity contribution in [2.45, 2.75) is 18.8 Å². The smallest absolute Gasteiger partial charge is 0.349 e. The summed E-state index contributed by atoms with van der Waals surface area (Å²) in [6.07, 6.45) is 3.45. The summed E-state index contributed by atoms with van der Waals surface area (Å²) in [7, 11) is 1.30. The van der Waals surface area contributed by atoms with Crippen molar-refractivity contribution in [3.63, 3.8) is 0 Å². The molecule has 0 aliphatic heterocycles. The topological polar surface area (TPSA) is 107 Å². The van der Waals surface area contributed by atoms with Crippen molar-refractivity contribution in [3.8, 4) is 11.3 Å². The number of fused-ring (bicyclic) bond motifs is 1. The van der Waals surface area contributed by atoms with E-state index in [0.717, 1.165) is 35.4 Å². The van der Waals surface area contributed by atoms with Crippen LogP contribution in [0.4, 0.5) is 5.13 Å². The zero-order valence-electron chi connectivity index (χ0n) is 15.9. The first-order valence-corrected chi connectivity index (χ1v) is 10.2. The molecular formula is C21H16N4O4S. The molecule has 0 radical (unpaired) electrons. The Kier molecular flexibility index (Phi) is 4.51. The number of esters is 1. The lowest BCUT2D eigenvalue weighted by molar-refractivity contribution is 0.0606. The van der Waals surface area contributed by atoms with E-state index in [2.05, 4.69) is 20.4 Å². The first-order valence-electron chi connectivity index (χ1n) is 9.35. The van der Waals surface area contributed by atoms with Gasteiger partial charge in [0.2, 0.25) is 0 Å². The van der Waals surface area contributed by atoms with Crippen LogP contribution in [0.2, 0.25) is 0 Å². The van der Waals surface area contributed by atoms with E-state index < -0.39 is 5.97 Å². The average Bonchev–Trinajstić information content (AvgIpc) is 3.38. The summed E-state index contributed by atoms with van der Waals surface area (Å²) in [5.74, 6) is -0.534. The number of amides is 1. The summed E-state index contributed by atoms with van der Waals surface area (Å²) in [5.41, 5.74) is 2.95. The summed E-state index contributed by atoms with van der Waals surface area (Å²) in [4.78, 5) is 33.8.